The molecule has 0 spiro atoms. The highest BCUT2D eigenvalue weighted by molar-refractivity contribution is 7.99. The van der Waals surface area contributed by atoms with E-state index in [0.717, 1.165) is 6.08 Å². The lowest BCUT2D eigenvalue weighted by Gasteiger charge is -1.89. The van der Waals surface area contributed by atoms with E-state index < -0.39 is 5.97 Å². The lowest BCUT2D eigenvalue weighted by atomic mass is 10.5. The zero-order valence-electron chi connectivity index (χ0n) is 5.49. The standard InChI is InChI=1S/C6H10O3S/c7-3-5-10-4-1-2-6(8)9/h1-2,7H,3-5H2,(H,8,9). The van der Waals surface area contributed by atoms with E-state index >= 15 is 0 Å². The van der Waals surface area contributed by atoms with Gasteiger partial charge in [0.05, 0.1) is 6.61 Å². The van der Waals surface area contributed by atoms with E-state index in [1.807, 2.05) is 0 Å². The van der Waals surface area contributed by atoms with Gasteiger partial charge < -0.3 is 10.2 Å². The third-order valence-electron chi connectivity index (χ3n) is 0.710. The van der Waals surface area contributed by atoms with Crippen molar-refractivity contribution in [1.29, 1.82) is 0 Å². The van der Waals surface area contributed by atoms with Crippen LogP contribution in [0.1, 0.15) is 0 Å². The minimum atomic E-state index is -0.926. The second-order valence-electron chi connectivity index (χ2n) is 1.54. The Morgan fingerprint density at radius 1 is 1.60 bits per heavy atom. The number of hydrogen-bond acceptors (Lipinski definition) is 3. The fraction of sp³-hybridized carbons (Fsp3) is 0.500. The molecule has 0 radical (unpaired) electrons. The minimum Gasteiger partial charge on any atom is -0.478 e. The number of hydrogen-bond donors (Lipinski definition) is 2. The predicted octanol–water partition coefficient (Wildman–Crippen LogP) is 0.353. The van der Waals surface area contributed by atoms with Crippen LogP contribution in [0.25, 0.3) is 0 Å². The lowest BCUT2D eigenvalue weighted by Crippen LogP contribution is -1.88. The highest BCUT2D eigenvalue weighted by atomic mass is 32.2. The Balaban J connectivity index is 3.10. The summed E-state index contributed by atoms with van der Waals surface area (Å²) < 4.78 is 0. The third kappa shape index (κ3) is 7.52. The van der Waals surface area contributed by atoms with Crippen molar-refractivity contribution in [3.8, 4) is 0 Å². The number of aliphatic hydroxyl groups excluding tert-OH is 1. The van der Waals surface area contributed by atoms with Gasteiger partial charge in [-0.2, -0.15) is 11.8 Å². The van der Waals surface area contributed by atoms with Crippen molar-refractivity contribution >= 4 is 17.7 Å². The van der Waals surface area contributed by atoms with Crippen LogP contribution in [-0.4, -0.2) is 34.3 Å². The molecule has 0 aromatic heterocycles. The van der Waals surface area contributed by atoms with Crippen molar-refractivity contribution in [1.82, 2.24) is 0 Å². The predicted molar refractivity (Wildman–Crippen MR) is 41.2 cm³/mol. The Kier molecular flexibility index (Phi) is 6.32. The minimum absolute atomic E-state index is 0.144. The van der Waals surface area contributed by atoms with E-state index in [9.17, 15) is 4.79 Å². The Labute approximate surface area is 63.7 Å². The van der Waals surface area contributed by atoms with Crippen LogP contribution in [0.4, 0.5) is 0 Å². The quantitative estimate of drug-likeness (QED) is 0.452. The van der Waals surface area contributed by atoms with E-state index in [4.69, 9.17) is 10.2 Å². The van der Waals surface area contributed by atoms with Gasteiger partial charge in [-0.05, 0) is 0 Å². The van der Waals surface area contributed by atoms with Crippen molar-refractivity contribution in [2.45, 2.75) is 0 Å². The molecular weight excluding hydrogens is 152 g/mol. The zero-order valence-corrected chi connectivity index (χ0v) is 6.30. The summed E-state index contributed by atoms with van der Waals surface area (Å²) in [6.45, 7) is 0.144. The molecule has 0 heterocycles. The number of aliphatic hydroxyl groups is 1. The highest BCUT2D eigenvalue weighted by Gasteiger charge is 1.85. The first-order valence-electron chi connectivity index (χ1n) is 2.85. The summed E-state index contributed by atoms with van der Waals surface area (Å²) in [6, 6.07) is 0. The summed E-state index contributed by atoms with van der Waals surface area (Å²) in [5.74, 6) is 0.376. The van der Waals surface area contributed by atoms with Crippen LogP contribution in [-0.2, 0) is 4.79 Å². The third-order valence-corrected chi connectivity index (χ3v) is 1.61. The maximum Gasteiger partial charge on any atom is 0.328 e. The largest absolute Gasteiger partial charge is 0.478 e. The van der Waals surface area contributed by atoms with Crippen LogP contribution in [0, 0.1) is 0 Å². The molecule has 10 heavy (non-hydrogen) atoms. The summed E-state index contributed by atoms with van der Waals surface area (Å²) in [6.07, 6.45) is 2.66. The fourth-order valence-corrected chi connectivity index (χ4v) is 0.893. The Hall–Kier alpha value is -0.480. The van der Waals surface area contributed by atoms with Gasteiger partial charge in [0, 0.05) is 17.6 Å². The van der Waals surface area contributed by atoms with Gasteiger partial charge in [-0.15, -0.1) is 0 Å². The normalized spacial score (nSPS) is 10.5. The second kappa shape index (κ2) is 6.64. The number of carboxylic acid groups (broad SMARTS) is 1. The highest BCUT2D eigenvalue weighted by Crippen LogP contribution is 1.97. The van der Waals surface area contributed by atoms with Gasteiger partial charge in [0.25, 0.3) is 0 Å². The van der Waals surface area contributed by atoms with Crippen LogP contribution in [0.3, 0.4) is 0 Å². The van der Waals surface area contributed by atoms with Crippen LogP contribution in [0.5, 0.6) is 0 Å². The second-order valence-corrected chi connectivity index (χ2v) is 2.69. The molecular formula is C6H10O3S. The SMILES string of the molecule is O=C(O)C=CCSCCO. The first-order valence-corrected chi connectivity index (χ1v) is 4.01. The van der Waals surface area contributed by atoms with Crippen LogP contribution in [0.2, 0.25) is 0 Å². The van der Waals surface area contributed by atoms with Gasteiger partial charge in [-0.3, -0.25) is 0 Å². The smallest absolute Gasteiger partial charge is 0.328 e. The van der Waals surface area contributed by atoms with Crippen LogP contribution >= 0.6 is 11.8 Å². The van der Waals surface area contributed by atoms with Gasteiger partial charge in [0.15, 0.2) is 0 Å². The van der Waals surface area contributed by atoms with E-state index in [1.54, 1.807) is 6.08 Å². The Morgan fingerprint density at radius 2 is 2.30 bits per heavy atom. The average Bonchev–Trinajstić information content (AvgIpc) is 1.87. The maximum atomic E-state index is 9.89. The molecule has 0 unspecified atom stereocenters. The van der Waals surface area contributed by atoms with E-state index in [-0.39, 0.29) is 6.61 Å². The van der Waals surface area contributed by atoms with E-state index in [1.165, 1.54) is 11.8 Å². The topological polar surface area (TPSA) is 57.5 Å². The van der Waals surface area contributed by atoms with Crippen molar-refractivity contribution < 1.29 is 15.0 Å². The Bertz CT molecular complexity index is 122. The molecule has 0 amide bonds. The molecule has 0 aromatic carbocycles. The van der Waals surface area contributed by atoms with Crippen LogP contribution in [0.15, 0.2) is 12.2 Å². The molecule has 0 atom stereocenters. The first-order chi connectivity index (χ1) is 4.77. The molecule has 0 bridgehead atoms. The van der Waals surface area contributed by atoms with E-state index in [2.05, 4.69) is 0 Å². The van der Waals surface area contributed by atoms with Crippen LogP contribution < -0.4 is 0 Å². The average molecular weight is 162 g/mol. The molecule has 2 N–H and O–H groups in total. The summed E-state index contributed by atoms with van der Waals surface area (Å²) in [4.78, 5) is 9.89. The molecule has 58 valence electrons. The summed E-state index contributed by atoms with van der Waals surface area (Å²) >= 11 is 1.50. The van der Waals surface area contributed by atoms with Crippen molar-refractivity contribution in [2.75, 3.05) is 18.1 Å². The van der Waals surface area contributed by atoms with Crippen molar-refractivity contribution in [3.63, 3.8) is 0 Å². The molecule has 0 aliphatic rings. The van der Waals surface area contributed by atoms with Gasteiger partial charge in [-0.1, -0.05) is 6.08 Å². The Morgan fingerprint density at radius 3 is 2.80 bits per heavy atom. The molecule has 3 nitrogen and oxygen atoms in total. The van der Waals surface area contributed by atoms with Crippen molar-refractivity contribution in [3.05, 3.63) is 12.2 Å². The lowest BCUT2D eigenvalue weighted by molar-refractivity contribution is -0.131. The van der Waals surface area contributed by atoms with Gasteiger partial charge >= 0.3 is 5.97 Å². The molecule has 0 aliphatic heterocycles. The number of carbonyl (C=O) groups is 1. The van der Waals surface area contributed by atoms with E-state index in [0.29, 0.717) is 11.5 Å². The number of aliphatic carboxylic acids is 1. The molecule has 0 fully saturated rings. The van der Waals surface area contributed by atoms with Gasteiger partial charge in [0.2, 0.25) is 0 Å². The molecule has 0 aliphatic carbocycles. The maximum absolute atomic E-state index is 9.89. The number of carboxylic acids is 1. The molecule has 0 saturated heterocycles. The molecule has 0 aromatic rings. The molecule has 4 heteroatoms. The monoisotopic (exact) mass is 162 g/mol. The number of rotatable bonds is 5. The number of thioether (sulfide) groups is 1. The first kappa shape index (κ1) is 9.52. The summed E-state index contributed by atoms with van der Waals surface area (Å²) in [5.41, 5.74) is 0. The molecule has 0 rings (SSSR count). The van der Waals surface area contributed by atoms with Gasteiger partial charge in [0.1, 0.15) is 0 Å². The van der Waals surface area contributed by atoms with Crippen molar-refractivity contribution in [2.24, 2.45) is 0 Å². The summed E-state index contributed by atoms with van der Waals surface area (Å²) in [5, 5.41) is 16.4. The fourth-order valence-electron chi connectivity index (χ4n) is 0.365. The summed E-state index contributed by atoms with van der Waals surface area (Å²) in [7, 11) is 0. The van der Waals surface area contributed by atoms with Gasteiger partial charge in [-0.25, -0.2) is 4.79 Å². The zero-order chi connectivity index (χ0) is 7.82. The molecule has 0 saturated carbocycles.